The number of nitrogens with one attached hydrogen (secondary N) is 1. The highest BCUT2D eigenvalue weighted by atomic mass is 79.9. The van der Waals surface area contributed by atoms with Gasteiger partial charge in [-0.1, -0.05) is 6.92 Å². The van der Waals surface area contributed by atoms with Gasteiger partial charge in [0.05, 0.1) is 0 Å². The molecular formula is C9H14BrN3O2S2. The number of nitrogens with zero attached hydrogens (tertiary/aromatic N) is 1. The van der Waals surface area contributed by atoms with Crippen LogP contribution in [0.3, 0.4) is 0 Å². The summed E-state index contributed by atoms with van der Waals surface area (Å²) in [6.45, 7) is 4.27. The summed E-state index contributed by atoms with van der Waals surface area (Å²) in [4.78, 5) is 4.79. The maximum Gasteiger partial charge on any atom is 0.274 e. The van der Waals surface area contributed by atoms with Crippen LogP contribution in [0.15, 0.2) is 19.7 Å². The molecule has 0 bridgehead atoms. The van der Waals surface area contributed by atoms with E-state index in [0.29, 0.717) is 11.0 Å². The van der Waals surface area contributed by atoms with Crippen LogP contribution in [0, 0.1) is 6.92 Å². The molecule has 8 heteroatoms. The van der Waals surface area contributed by atoms with Crippen molar-refractivity contribution in [3.8, 4) is 0 Å². The summed E-state index contributed by atoms with van der Waals surface area (Å²) < 4.78 is 26.9. The van der Waals surface area contributed by atoms with Gasteiger partial charge in [-0.15, -0.1) is 11.3 Å². The highest BCUT2D eigenvalue weighted by Crippen LogP contribution is 2.30. The van der Waals surface area contributed by atoms with Crippen LogP contribution in [0.1, 0.15) is 18.2 Å². The third kappa shape index (κ3) is 3.97. The summed E-state index contributed by atoms with van der Waals surface area (Å²) in [5.41, 5.74) is 5.49. The first-order valence-corrected chi connectivity index (χ1v) is 8.04. The quantitative estimate of drug-likeness (QED) is 0.648. The van der Waals surface area contributed by atoms with Crippen LogP contribution in [0.4, 0.5) is 0 Å². The Kier molecular flexibility index (Phi) is 4.96. The Morgan fingerprint density at radius 1 is 1.65 bits per heavy atom. The normalized spacial score (nSPS) is 12.8. The molecule has 0 atom stereocenters. The molecule has 1 heterocycles. The number of aliphatic imine (C=N–C) groups is 1. The van der Waals surface area contributed by atoms with Gasteiger partial charge in [-0.05, 0) is 35.3 Å². The van der Waals surface area contributed by atoms with Gasteiger partial charge in [-0.25, -0.2) is 13.1 Å². The topological polar surface area (TPSA) is 84.5 Å². The van der Waals surface area contributed by atoms with Gasteiger partial charge in [0.1, 0.15) is 0 Å². The van der Waals surface area contributed by atoms with Crippen molar-refractivity contribution >= 4 is 43.2 Å². The van der Waals surface area contributed by atoms with E-state index in [1.54, 1.807) is 6.07 Å². The van der Waals surface area contributed by atoms with Gasteiger partial charge >= 0.3 is 0 Å². The number of rotatable bonds is 4. The molecule has 17 heavy (non-hydrogen) atoms. The SMILES string of the molecule is CCCN=C(N)NS(=O)(=O)c1sc(C)cc1Br. The Balaban J connectivity index is 2.93. The zero-order chi connectivity index (χ0) is 13.1. The van der Waals surface area contributed by atoms with E-state index in [1.165, 1.54) is 11.3 Å². The molecule has 0 aromatic carbocycles. The first-order chi connectivity index (χ1) is 7.86. The van der Waals surface area contributed by atoms with Gasteiger partial charge in [0.15, 0.2) is 4.21 Å². The first kappa shape index (κ1) is 14.5. The molecule has 1 rings (SSSR count). The number of thiophene rings is 1. The Morgan fingerprint density at radius 2 is 2.29 bits per heavy atom. The number of hydrogen-bond acceptors (Lipinski definition) is 4. The minimum atomic E-state index is -3.63. The second-order valence-corrected chi connectivity index (χ2v) is 7.35. The summed E-state index contributed by atoms with van der Waals surface area (Å²) in [6, 6.07) is 1.75. The molecule has 0 saturated heterocycles. The standard InChI is InChI=1S/C9H14BrN3O2S2/c1-3-4-12-9(11)13-17(14,15)8-7(10)5-6(2)16-8/h5H,3-4H2,1-2H3,(H3,11,12,13). The van der Waals surface area contributed by atoms with Crippen molar-refractivity contribution in [1.82, 2.24) is 4.72 Å². The van der Waals surface area contributed by atoms with Crippen molar-refractivity contribution in [3.05, 3.63) is 15.4 Å². The summed E-state index contributed by atoms with van der Waals surface area (Å²) in [6.07, 6.45) is 0.810. The number of halogens is 1. The van der Waals surface area contributed by atoms with Crippen LogP contribution >= 0.6 is 27.3 Å². The Morgan fingerprint density at radius 3 is 2.76 bits per heavy atom. The van der Waals surface area contributed by atoms with Gasteiger partial charge in [0.25, 0.3) is 10.0 Å². The van der Waals surface area contributed by atoms with E-state index in [-0.39, 0.29) is 10.2 Å². The van der Waals surface area contributed by atoms with Crippen LogP contribution in [0.25, 0.3) is 0 Å². The van der Waals surface area contributed by atoms with E-state index >= 15 is 0 Å². The molecule has 1 aromatic heterocycles. The highest BCUT2D eigenvalue weighted by molar-refractivity contribution is 9.10. The van der Waals surface area contributed by atoms with E-state index < -0.39 is 10.0 Å². The Labute approximate surface area is 113 Å². The van der Waals surface area contributed by atoms with Crippen molar-refractivity contribution in [2.24, 2.45) is 10.7 Å². The van der Waals surface area contributed by atoms with Gasteiger partial charge in [-0.3, -0.25) is 4.99 Å². The predicted octanol–water partition coefficient (Wildman–Crippen LogP) is 1.82. The second-order valence-electron chi connectivity index (χ2n) is 3.36. The minimum Gasteiger partial charge on any atom is -0.369 e. The lowest BCUT2D eigenvalue weighted by molar-refractivity contribution is 0.594. The largest absolute Gasteiger partial charge is 0.369 e. The number of sulfonamides is 1. The number of hydrogen-bond donors (Lipinski definition) is 2. The average molecular weight is 340 g/mol. The molecule has 0 aliphatic rings. The molecule has 5 nitrogen and oxygen atoms in total. The summed E-state index contributed by atoms with van der Waals surface area (Å²) in [5.74, 6) is -0.0789. The third-order valence-electron chi connectivity index (χ3n) is 1.77. The van der Waals surface area contributed by atoms with Crippen molar-refractivity contribution in [1.29, 1.82) is 0 Å². The zero-order valence-electron chi connectivity index (χ0n) is 9.53. The number of guanidine groups is 1. The van der Waals surface area contributed by atoms with E-state index in [0.717, 1.165) is 11.3 Å². The molecule has 0 aliphatic carbocycles. The maximum absolute atomic E-state index is 11.9. The molecule has 0 spiro atoms. The second kappa shape index (κ2) is 5.83. The lowest BCUT2D eigenvalue weighted by Crippen LogP contribution is -2.36. The lowest BCUT2D eigenvalue weighted by Gasteiger charge is -2.05. The van der Waals surface area contributed by atoms with E-state index in [2.05, 4.69) is 25.6 Å². The fraction of sp³-hybridized carbons (Fsp3) is 0.444. The molecule has 0 unspecified atom stereocenters. The van der Waals surface area contributed by atoms with Crippen LogP contribution in [-0.2, 0) is 10.0 Å². The van der Waals surface area contributed by atoms with Crippen LogP contribution in [-0.4, -0.2) is 20.9 Å². The molecule has 0 saturated carbocycles. The lowest BCUT2D eigenvalue weighted by atomic mass is 10.5. The molecule has 0 radical (unpaired) electrons. The minimum absolute atomic E-state index is 0.0789. The molecule has 3 N–H and O–H groups in total. The van der Waals surface area contributed by atoms with Crippen molar-refractivity contribution in [2.75, 3.05) is 6.54 Å². The molecular weight excluding hydrogens is 326 g/mol. The van der Waals surface area contributed by atoms with E-state index in [9.17, 15) is 8.42 Å². The van der Waals surface area contributed by atoms with Crippen molar-refractivity contribution < 1.29 is 8.42 Å². The van der Waals surface area contributed by atoms with E-state index in [1.807, 2.05) is 13.8 Å². The molecule has 0 amide bonds. The maximum atomic E-state index is 11.9. The first-order valence-electron chi connectivity index (χ1n) is 4.95. The monoisotopic (exact) mass is 339 g/mol. The molecule has 96 valence electrons. The summed E-state index contributed by atoms with van der Waals surface area (Å²) in [7, 11) is -3.63. The molecule has 0 fully saturated rings. The fourth-order valence-corrected chi connectivity index (χ4v) is 4.80. The van der Waals surface area contributed by atoms with Crippen LogP contribution in [0.5, 0.6) is 0 Å². The van der Waals surface area contributed by atoms with Crippen LogP contribution < -0.4 is 10.5 Å². The molecule has 0 aliphatic heterocycles. The van der Waals surface area contributed by atoms with E-state index in [4.69, 9.17) is 5.73 Å². The average Bonchev–Trinajstić information content (AvgIpc) is 2.55. The van der Waals surface area contributed by atoms with Gasteiger partial charge < -0.3 is 5.73 Å². The smallest absolute Gasteiger partial charge is 0.274 e. The molecule has 1 aromatic rings. The zero-order valence-corrected chi connectivity index (χ0v) is 12.7. The predicted molar refractivity (Wildman–Crippen MR) is 73.9 cm³/mol. The Hall–Kier alpha value is -0.600. The summed E-state index contributed by atoms with van der Waals surface area (Å²) >= 11 is 4.39. The van der Waals surface area contributed by atoms with Gasteiger partial charge in [-0.2, -0.15) is 0 Å². The third-order valence-corrected chi connectivity index (χ3v) is 5.86. The Bertz CT molecular complexity index is 522. The number of aryl methyl sites for hydroxylation is 1. The van der Waals surface area contributed by atoms with Crippen LogP contribution in [0.2, 0.25) is 0 Å². The van der Waals surface area contributed by atoms with Gasteiger partial charge in [0, 0.05) is 15.9 Å². The summed E-state index contributed by atoms with van der Waals surface area (Å²) in [5, 5.41) is 0. The fourth-order valence-electron chi connectivity index (χ4n) is 1.09. The highest BCUT2D eigenvalue weighted by Gasteiger charge is 2.21. The van der Waals surface area contributed by atoms with Crippen molar-refractivity contribution in [3.63, 3.8) is 0 Å². The number of nitrogens with two attached hydrogens (primary N) is 1. The van der Waals surface area contributed by atoms with Gasteiger partial charge in [0.2, 0.25) is 5.96 Å². The van der Waals surface area contributed by atoms with Crippen molar-refractivity contribution in [2.45, 2.75) is 24.5 Å².